The maximum Gasteiger partial charge on any atom is 0.320 e. The van der Waals surface area contributed by atoms with Gasteiger partial charge in [0, 0.05) is 11.0 Å². The Balaban J connectivity index is 1.51. The van der Waals surface area contributed by atoms with E-state index in [1.54, 1.807) is 0 Å². The normalized spacial score (nSPS) is 15.3. The minimum Gasteiger partial charge on any atom is -0.457 e. The fourth-order valence-electron chi connectivity index (χ4n) is 4.52. The molecule has 0 spiro atoms. The summed E-state index contributed by atoms with van der Waals surface area (Å²) >= 11 is 0. The molecule has 0 fully saturated rings. The van der Waals surface area contributed by atoms with Gasteiger partial charge in [0.15, 0.2) is 0 Å². The summed E-state index contributed by atoms with van der Waals surface area (Å²) in [5, 5.41) is 7.22. The van der Waals surface area contributed by atoms with Crippen LogP contribution in [0.15, 0.2) is 121 Å². The van der Waals surface area contributed by atoms with Gasteiger partial charge in [-0.1, -0.05) is 84.9 Å². The summed E-state index contributed by atoms with van der Waals surface area (Å²) in [5.74, 6) is 1.44. The molecule has 2 heterocycles. The molecule has 2 N–H and O–H groups in total. The van der Waals surface area contributed by atoms with Gasteiger partial charge in [-0.15, -0.1) is 0 Å². The van der Waals surface area contributed by atoms with Gasteiger partial charge >= 0.3 is 6.03 Å². The molecule has 6 rings (SSSR count). The van der Waals surface area contributed by atoms with Crippen molar-refractivity contribution in [3.8, 4) is 11.5 Å². The van der Waals surface area contributed by atoms with Crippen LogP contribution in [0.1, 0.15) is 22.9 Å². The number of carbonyl (C=O) groups is 1. The van der Waals surface area contributed by atoms with Crippen molar-refractivity contribution in [2.45, 2.75) is 6.04 Å². The molecule has 0 saturated carbocycles. The van der Waals surface area contributed by atoms with Crippen molar-refractivity contribution < 1.29 is 9.53 Å². The minimum absolute atomic E-state index is 0.266. The Labute approximate surface area is 209 Å². The van der Waals surface area contributed by atoms with Crippen LogP contribution in [-0.4, -0.2) is 11.0 Å². The molecule has 5 nitrogen and oxygen atoms in total. The van der Waals surface area contributed by atoms with Crippen LogP contribution >= 0.6 is 0 Å². The lowest BCUT2D eigenvalue weighted by atomic mass is 9.90. The largest absolute Gasteiger partial charge is 0.457 e. The number of hydrogen-bond donors (Lipinski definition) is 2. The fraction of sp³-hybridized carbons (Fsp3) is 0.0323. The van der Waals surface area contributed by atoms with E-state index in [0.717, 1.165) is 44.7 Å². The highest BCUT2D eigenvalue weighted by Crippen LogP contribution is 2.39. The van der Waals surface area contributed by atoms with Crippen LogP contribution in [0.3, 0.4) is 0 Å². The number of hydrogen-bond acceptors (Lipinski definition) is 3. The second-order valence-corrected chi connectivity index (χ2v) is 8.56. The van der Waals surface area contributed by atoms with Crippen molar-refractivity contribution >= 4 is 28.2 Å². The van der Waals surface area contributed by atoms with Gasteiger partial charge in [-0.25, -0.2) is 9.78 Å². The molecule has 1 aliphatic rings. The molecular weight excluding hydrogens is 446 g/mol. The van der Waals surface area contributed by atoms with Crippen LogP contribution in [0.25, 0.3) is 22.2 Å². The van der Waals surface area contributed by atoms with Gasteiger partial charge in [-0.05, 0) is 47.5 Å². The molecule has 174 valence electrons. The zero-order chi connectivity index (χ0) is 24.3. The molecule has 36 heavy (non-hydrogen) atoms. The van der Waals surface area contributed by atoms with E-state index in [2.05, 4.69) is 16.7 Å². The molecule has 0 saturated heterocycles. The zero-order valence-electron chi connectivity index (χ0n) is 19.4. The van der Waals surface area contributed by atoms with Crippen molar-refractivity contribution in [2.75, 3.05) is 0 Å². The summed E-state index contributed by atoms with van der Waals surface area (Å²) in [4.78, 5) is 17.9. The number of para-hydroxylation sites is 2. The lowest BCUT2D eigenvalue weighted by Gasteiger charge is -2.31. The van der Waals surface area contributed by atoms with Gasteiger partial charge in [0.05, 0.1) is 22.9 Å². The van der Waals surface area contributed by atoms with E-state index < -0.39 is 6.04 Å². The molecule has 5 heteroatoms. The number of aromatic nitrogens is 1. The van der Waals surface area contributed by atoms with E-state index in [0.29, 0.717) is 5.75 Å². The highest BCUT2D eigenvalue weighted by molar-refractivity contribution is 6.03. The molecule has 1 aliphatic heterocycles. The number of pyridine rings is 1. The molecule has 1 atom stereocenters. The topological polar surface area (TPSA) is 63.2 Å². The average Bonchev–Trinajstić information content (AvgIpc) is 2.93. The molecule has 4 aromatic carbocycles. The van der Waals surface area contributed by atoms with Gasteiger partial charge in [0.2, 0.25) is 0 Å². The summed E-state index contributed by atoms with van der Waals surface area (Å²) in [6.07, 6.45) is 0. The summed E-state index contributed by atoms with van der Waals surface area (Å²) < 4.78 is 6.09. The number of urea groups is 1. The molecule has 0 bridgehead atoms. The molecule has 0 unspecified atom stereocenters. The molecule has 5 aromatic rings. The Morgan fingerprint density at radius 2 is 1.42 bits per heavy atom. The van der Waals surface area contributed by atoms with E-state index in [9.17, 15) is 4.79 Å². The highest BCUT2D eigenvalue weighted by atomic mass is 16.5. The van der Waals surface area contributed by atoms with E-state index in [1.165, 1.54) is 0 Å². The van der Waals surface area contributed by atoms with Crippen molar-refractivity contribution in [3.05, 3.63) is 138 Å². The molecule has 2 amide bonds. The first-order valence-electron chi connectivity index (χ1n) is 11.8. The van der Waals surface area contributed by atoms with Crippen LogP contribution in [0.2, 0.25) is 0 Å². The predicted molar refractivity (Wildman–Crippen MR) is 142 cm³/mol. The summed E-state index contributed by atoms with van der Waals surface area (Å²) in [6, 6.07) is 38.7. The summed E-state index contributed by atoms with van der Waals surface area (Å²) in [6.45, 7) is 0. The third-order valence-corrected chi connectivity index (χ3v) is 6.18. The maximum absolute atomic E-state index is 12.9. The minimum atomic E-state index is -0.429. The Kier molecular flexibility index (Phi) is 5.64. The first kappa shape index (κ1) is 21.6. The second kappa shape index (κ2) is 9.39. The lowest BCUT2D eigenvalue weighted by Crippen LogP contribution is -2.43. The molecule has 0 aliphatic carbocycles. The van der Waals surface area contributed by atoms with Gasteiger partial charge in [-0.2, -0.15) is 0 Å². The third-order valence-electron chi connectivity index (χ3n) is 6.18. The van der Waals surface area contributed by atoms with Crippen molar-refractivity contribution in [3.63, 3.8) is 0 Å². The number of fused-ring (bicyclic) bond motifs is 1. The van der Waals surface area contributed by atoms with Crippen LogP contribution in [-0.2, 0) is 0 Å². The van der Waals surface area contributed by atoms with E-state index in [1.807, 2.05) is 115 Å². The number of carbonyl (C=O) groups excluding carboxylic acids is 1. The second-order valence-electron chi connectivity index (χ2n) is 8.56. The predicted octanol–water partition coefficient (Wildman–Crippen LogP) is 6.95. The van der Waals surface area contributed by atoms with Gasteiger partial charge in [0.1, 0.15) is 11.5 Å². The first-order chi connectivity index (χ1) is 17.7. The molecular formula is C31H23N3O2. The fourth-order valence-corrected chi connectivity index (χ4v) is 4.52. The number of ether oxygens (including phenoxy) is 1. The van der Waals surface area contributed by atoms with Gasteiger partial charge in [0.25, 0.3) is 0 Å². The Bertz CT molecular complexity index is 1580. The van der Waals surface area contributed by atoms with Crippen LogP contribution in [0.4, 0.5) is 4.79 Å². The monoisotopic (exact) mass is 469 g/mol. The third kappa shape index (κ3) is 4.30. The van der Waals surface area contributed by atoms with Gasteiger partial charge < -0.3 is 15.4 Å². The summed E-state index contributed by atoms with van der Waals surface area (Å²) in [5.41, 5.74) is 5.13. The SMILES string of the molecule is O=C1NC(c2ccccc2)=C(c2ccc3ccccc3n2)[C@H](c2cccc(Oc3ccccc3)c2)N1. The maximum atomic E-state index is 12.9. The summed E-state index contributed by atoms with van der Waals surface area (Å²) in [7, 11) is 0. The van der Waals surface area contributed by atoms with Crippen LogP contribution in [0.5, 0.6) is 11.5 Å². The molecule has 1 aromatic heterocycles. The Hall–Kier alpha value is -4.90. The van der Waals surface area contributed by atoms with Crippen LogP contribution < -0.4 is 15.4 Å². The standard InChI is InChI=1S/C31H23N3O2/c35-31-33-29(22-11-3-1-4-12-22)28(27-19-18-21-10-7-8-17-26(21)32-27)30(34-31)23-13-9-16-25(20-23)36-24-14-5-2-6-15-24/h1-20,30H,(H2,33,34,35)/t30-/m0/s1. The Morgan fingerprint density at radius 1 is 0.694 bits per heavy atom. The number of nitrogens with one attached hydrogen (secondary N) is 2. The van der Waals surface area contributed by atoms with Gasteiger partial charge in [-0.3, -0.25) is 0 Å². The van der Waals surface area contributed by atoms with Crippen molar-refractivity contribution in [1.82, 2.24) is 15.6 Å². The Morgan fingerprint density at radius 3 is 2.25 bits per heavy atom. The molecule has 0 radical (unpaired) electrons. The van der Waals surface area contributed by atoms with E-state index >= 15 is 0 Å². The van der Waals surface area contributed by atoms with Crippen LogP contribution in [0, 0.1) is 0 Å². The quantitative estimate of drug-likeness (QED) is 0.293. The van der Waals surface area contributed by atoms with E-state index in [4.69, 9.17) is 9.72 Å². The number of nitrogens with zero attached hydrogens (tertiary/aromatic N) is 1. The number of benzene rings is 4. The van der Waals surface area contributed by atoms with Crippen molar-refractivity contribution in [2.24, 2.45) is 0 Å². The first-order valence-corrected chi connectivity index (χ1v) is 11.8. The number of amides is 2. The van der Waals surface area contributed by atoms with Crippen molar-refractivity contribution in [1.29, 1.82) is 0 Å². The average molecular weight is 470 g/mol. The van der Waals surface area contributed by atoms with E-state index in [-0.39, 0.29) is 6.03 Å². The smallest absolute Gasteiger partial charge is 0.320 e. The number of rotatable bonds is 5. The zero-order valence-corrected chi connectivity index (χ0v) is 19.4. The lowest BCUT2D eigenvalue weighted by molar-refractivity contribution is 0.242. The highest BCUT2D eigenvalue weighted by Gasteiger charge is 2.31.